The lowest BCUT2D eigenvalue weighted by Crippen LogP contribution is -2.01. The van der Waals surface area contributed by atoms with Crippen molar-refractivity contribution in [1.82, 2.24) is 9.97 Å². The minimum Gasteiger partial charge on any atom is -0.486 e. The molecule has 0 saturated carbocycles. The first-order valence-corrected chi connectivity index (χ1v) is 6.04. The van der Waals surface area contributed by atoms with Gasteiger partial charge in [-0.2, -0.15) is 0 Å². The quantitative estimate of drug-likeness (QED) is 0.602. The van der Waals surface area contributed by atoms with Gasteiger partial charge in [-0.05, 0) is 6.07 Å². The van der Waals surface area contributed by atoms with Crippen molar-refractivity contribution in [3.63, 3.8) is 0 Å². The number of benzene rings is 1. The van der Waals surface area contributed by atoms with Gasteiger partial charge < -0.3 is 9.47 Å². The van der Waals surface area contributed by atoms with Crippen LogP contribution in [0.4, 0.5) is 10.1 Å². The Kier molecular flexibility index (Phi) is 4.83. The summed E-state index contributed by atoms with van der Waals surface area (Å²) in [6.45, 7) is -0.927. The van der Waals surface area contributed by atoms with Crippen LogP contribution in [0.15, 0.2) is 30.6 Å². The molecule has 0 radical (unpaired) electrons. The van der Waals surface area contributed by atoms with Crippen molar-refractivity contribution in [3.05, 3.63) is 51.4 Å². The van der Waals surface area contributed by atoms with E-state index in [4.69, 9.17) is 16.3 Å². The van der Waals surface area contributed by atoms with Crippen molar-refractivity contribution in [3.8, 4) is 11.6 Å². The Morgan fingerprint density at radius 2 is 2.10 bits per heavy atom. The summed E-state index contributed by atoms with van der Waals surface area (Å²) in [5.41, 5.74) is 0.343. The van der Waals surface area contributed by atoms with Crippen LogP contribution in [-0.2, 0) is 6.61 Å². The van der Waals surface area contributed by atoms with Crippen LogP contribution in [0.5, 0.6) is 11.6 Å². The molecule has 1 heterocycles. The molecule has 7 nitrogen and oxygen atoms in total. The van der Waals surface area contributed by atoms with Gasteiger partial charge in [0.25, 0.3) is 5.69 Å². The Morgan fingerprint density at radius 1 is 1.29 bits per heavy atom. The number of nitrogens with zero attached hydrogens (tertiary/aromatic N) is 3. The van der Waals surface area contributed by atoms with Gasteiger partial charge >= 0.3 is 0 Å². The molecule has 0 aliphatic carbocycles. The van der Waals surface area contributed by atoms with Gasteiger partial charge in [0.15, 0.2) is 0 Å². The van der Waals surface area contributed by atoms with Crippen LogP contribution in [-0.4, -0.2) is 21.8 Å². The smallest absolute Gasteiger partial charge is 0.271 e. The van der Waals surface area contributed by atoms with Crippen LogP contribution < -0.4 is 9.47 Å². The SMILES string of the molecule is O=[N+]([O-])c1ccc(OCc2cnc(OCF)cn2)c(Cl)c1. The van der Waals surface area contributed by atoms with Gasteiger partial charge in [-0.3, -0.25) is 15.1 Å². The number of hydrogen-bond acceptors (Lipinski definition) is 6. The number of halogens is 2. The van der Waals surface area contributed by atoms with Gasteiger partial charge in [0.2, 0.25) is 12.7 Å². The van der Waals surface area contributed by atoms with E-state index in [1.807, 2.05) is 0 Å². The molecule has 0 aliphatic rings. The summed E-state index contributed by atoms with van der Waals surface area (Å²) in [4.78, 5) is 17.8. The number of hydrogen-bond donors (Lipinski definition) is 0. The minimum atomic E-state index is -0.983. The number of nitro benzene ring substituents is 1. The highest BCUT2D eigenvalue weighted by atomic mass is 35.5. The van der Waals surface area contributed by atoms with E-state index in [-0.39, 0.29) is 28.9 Å². The van der Waals surface area contributed by atoms with E-state index in [2.05, 4.69) is 14.7 Å². The molecular weight excluding hydrogens is 305 g/mol. The van der Waals surface area contributed by atoms with Crippen molar-refractivity contribution in [1.29, 1.82) is 0 Å². The van der Waals surface area contributed by atoms with E-state index >= 15 is 0 Å². The van der Waals surface area contributed by atoms with Crippen LogP contribution in [0.2, 0.25) is 5.02 Å². The first-order chi connectivity index (χ1) is 10.1. The number of aromatic nitrogens is 2. The van der Waals surface area contributed by atoms with Crippen molar-refractivity contribution in [2.45, 2.75) is 6.61 Å². The van der Waals surface area contributed by atoms with Crippen LogP contribution in [0.3, 0.4) is 0 Å². The number of nitro groups is 1. The van der Waals surface area contributed by atoms with Gasteiger partial charge in [0, 0.05) is 12.1 Å². The molecule has 21 heavy (non-hydrogen) atoms. The lowest BCUT2D eigenvalue weighted by Gasteiger charge is -2.07. The normalized spacial score (nSPS) is 10.2. The second kappa shape index (κ2) is 6.80. The van der Waals surface area contributed by atoms with Crippen LogP contribution in [0.1, 0.15) is 5.69 Å². The highest BCUT2D eigenvalue weighted by Crippen LogP contribution is 2.29. The highest BCUT2D eigenvalue weighted by molar-refractivity contribution is 6.32. The predicted molar refractivity (Wildman–Crippen MR) is 71.1 cm³/mol. The van der Waals surface area contributed by atoms with Crippen molar-refractivity contribution < 1.29 is 18.8 Å². The molecule has 2 rings (SSSR count). The van der Waals surface area contributed by atoms with E-state index < -0.39 is 11.8 Å². The maximum Gasteiger partial charge on any atom is 0.271 e. The van der Waals surface area contributed by atoms with Gasteiger partial charge in [0.05, 0.1) is 28.0 Å². The summed E-state index contributed by atoms with van der Waals surface area (Å²) in [5.74, 6) is 0.350. The molecule has 0 amide bonds. The lowest BCUT2D eigenvalue weighted by atomic mass is 10.3. The van der Waals surface area contributed by atoms with Crippen molar-refractivity contribution >= 4 is 17.3 Å². The third kappa shape index (κ3) is 3.99. The van der Waals surface area contributed by atoms with Crippen molar-refractivity contribution in [2.24, 2.45) is 0 Å². The van der Waals surface area contributed by atoms with E-state index in [0.29, 0.717) is 5.69 Å². The Bertz CT molecular complexity index is 639. The number of rotatable bonds is 6. The molecule has 2 aromatic rings. The lowest BCUT2D eigenvalue weighted by molar-refractivity contribution is -0.384. The molecule has 0 N–H and O–H groups in total. The molecule has 0 saturated heterocycles. The van der Waals surface area contributed by atoms with E-state index in [0.717, 1.165) is 0 Å². The first kappa shape index (κ1) is 14.9. The topological polar surface area (TPSA) is 87.4 Å². The Morgan fingerprint density at radius 3 is 2.67 bits per heavy atom. The summed E-state index contributed by atoms with van der Waals surface area (Å²) in [5, 5.41) is 10.7. The summed E-state index contributed by atoms with van der Waals surface area (Å²) in [6, 6.07) is 3.88. The maximum atomic E-state index is 11.9. The van der Waals surface area contributed by atoms with Gasteiger partial charge in [-0.1, -0.05) is 11.6 Å². The Hall–Kier alpha value is -2.48. The average molecular weight is 314 g/mol. The van der Waals surface area contributed by atoms with E-state index in [1.165, 1.54) is 30.6 Å². The first-order valence-electron chi connectivity index (χ1n) is 5.66. The molecule has 0 unspecified atom stereocenters. The molecular formula is C12H9ClFN3O4. The minimum absolute atomic E-state index is 0.0560. The third-order valence-electron chi connectivity index (χ3n) is 2.39. The second-order valence-corrected chi connectivity index (χ2v) is 4.17. The average Bonchev–Trinajstić information content (AvgIpc) is 2.47. The molecule has 0 fully saturated rings. The number of alkyl halides is 1. The fourth-order valence-electron chi connectivity index (χ4n) is 1.42. The van der Waals surface area contributed by atoms with Gasteiger partial charge in [-0.25, -0.2) is 9.37 Å². The number of non-ortho nitro benzene ring substituents is 1. The zero-order valence-electron chi connectivity index (χ0n) is 10.5. The number of ether oxygens (including phenoxy) is 2. The van der Waals surface area contributed by atoms with Crippen LogP contribution in [0, 0.1) is 10.1 Å². The second-order valence-electron chi connectivity index (χ2n) is 3.76. The summed E-state index contributed by atoms with van der Waals surface area (Å²) in [7, 11) is 0. The fourth-order valence-corrected chi connectivity index (χ4v) is 1.65. The summed E-state index contributed by atoms with van der Waals surface area (Å²) in [6.07, 6.45) is 2.63. The summed E-state index contributed by atoms with van der Waals surface area (Å²) < 4.78 is 21.8. The Balaban J connectivity index is 2.01. The van der Waals surface area contributed by atoms with E-state index in [1.54, 1.807) is 0 Å². The fraction of sp³-hybridized carbons (Fsp3) is 0.167. The molecule has 0 spiro atoms. The molecule has 110 valence electrons. The standard InChI is InChI=1S/C12H9ClFN3O4/c13-10-3-9(17(18)19)1-2-11(10)20-6-8-4-16-12(5-15-8)21-7-14/h1-5H,6-7H2. The monoisotopic (exact) mass is 313 g/mol. The molecule has 0 bridgehead atoms. The van der Waals surface area contributed by atoms with Gasteiger partial charge in [0.1, 0.15) is 12.4 Å². The molecule has 9 heteroatoms. The molecule has 0 atom stereocenters. The Labute approximate surface area is 123 Å². The van der Waals surface area contributed by atoms with Crippen LogP contribution >= 0.6 is 11.6 Å². The molecule has 1 aromatic heterocycles. The van der Waals surface area contributed by atoms with Gasteiger partial charge in [-0.15, -0.1) is 0 Å². The zero-order valence-corrected chi connectivity index (χ0v) is 11.3. The molecule has 1 aromatic carbocycles. The van der Waals surface area contributed by atoms with Crippen molar-refractivity contribution in [2.75, 3.05) is 6.86 Å². The molecule has 0 aliphatic heterocycles. The van der Waals surface area contributed by atoms with Crippen LogP contribution in [0.25, 0.3) is 0 Å². The largest absolute Gasteiger partial charge is 0.486 e. The predicted octanol–water partition coefficient (Wildman–Crippen LogP) is 2.92. The summed E-state index contributed by atoms with van der Waals surface area (Å²) >= 11 is 5.88. The zero-order chi connectivity index (χ0) is 15.2. The van der Waals surface area contributed by atoms with E-state index in [9.17, 15) is 14.5 Å². The highest BCUT2D eigenvalue weighted by Gasteiger charge is 2.10. The maximum absolute atomic E-state index is 11.9. The third-order valence-corrected chi connectivity index (χ3v) is 2.68.